The van der Waals surface area contributed by atoms with Crippen LogP contribution in [0.4, 0.5) is 0 Å². The Kier molecular flexibility index (Phi) is 6.04. The Hall–Kier alpha value is -0.660. The first-order chi connectivity index (χ1) is 8.47. The summed E-state index contributed by atoms with van der Waals surface area (Å²) in [4.78, 5) is 11.0. The van der Waals surface area contributed by atoms with Gasteiger partial charge in [-0.2, -0.15) is 0 Å². The second-order valence-corrected chi connectivity index (χ2v) is 6.53. The van der Waals surface area contributed by atoms with E-state index in [1.807, 2.05) is 6.92 Å². The second-order valence-electron chi connectivity index (χ2n) is 4.54. The summed E-state index contributed by atoms with van der Waals surface area (Å²) in [6, 6.07) is -1.03. The number of rotatable bonds is 7. The number of unbranched alkanes of at least 4 members (excludes halogenated alkanes) is 1. The van der Waals surface area contributed by atoms with E-state index in [-0.39, 0.29) is 6.61 Å². The van der Waals surface area contributed by atoms with Gasteiger partial charge in [0.05, 0.1) is 11.9 Å². The molecule has 1 rings (SSSR count). The molecule has 106 valence electrons. The number of carbonyl (C=O) groups is 1. The van der Waals surface area contributed by atoms with Crippen LogP contribution in [0.2, 0.25) is 0 Å². The number of nitrogens with one attached hydrogen (secondary N) is 1. The zero-order valence-electron chi connectivity index (χ0n) is 10.6. The molecule has 1 saturated heterocycles. The minimum Gasteiger partial charge on any atom is -0.480 e. The van der Waals surface area contributed by atoms with E-state index >= 15 is 0 Å². The lowest BCUT2D eigenvalue weighted by molar-refractivity contribution is -0.139. The van der Waals surface area contributed by atoms with Gasteiger partial charge in [0.1, 0.15) is 6.04 Å². The summed E-state index contributed by atoms with van der Waals surface area (Å²) in [6.07, 6.45) is 3.05. The van der Waals surface area contributed by atoms with Gasteiger partial charge in [-0.1, -0.05) is 19.8 Å². The molecule has 0 amide bonds. The van der Waals surface area contributed by atoms with E-state index in [4.69, 9.17) is 9.84 Å². The molecule has 0 bridgehead atoms. The van der Waals surface area contributed by atoms with Crippen LogP contribution in [0.15, 0.2) is 0 Å². The number of sulfonamides is 1. The third-order valence-electron chi connectivity index (χ3n) is 3.01. The van der Waals surface area contributed by atoms with Crippen molar-refractivity contribution in [3.63, 3.8) is 0 Å². The molecule has 0 saturated carbocycles. The Morgan fingerprint density at radius 3 is 2.78 bits per heavy atom. The molecular formula is C11H21NO5S. The summed E-state index contributed by atoms with van der Waals surface area (Å²) in [5, 5.41) is 8.37. The summed E-state index contributed by atoms with van der Waals surface area (Å²) in [5.74, 6) is -1.12. The number of hydrogen-bond acceptors (Lipinski definition) is 4. The number of hydrogen-bond donors (Lipinski definition) is 2. The second kappa shape index (κ2) is 7.06. The van der Waals surface area contributed by atoms with Crippen LogP contribution in [0.1, 0.15) is 39.0 Å². The normalized spacial score (nSPS) is 22.6. The van der Waals surface area contributed by atoms with Crippen LogP contribution in [0.25, 0.3) is 0 Å². The zero-order chi connectivity index (χ0) is 13.6. The highest BCUT2D eigenvalue weighted by Crippen LogP contribution is 2.15. The first-order valence-electron chi connectivity index (χ1n) is 6.29. The van der Waals surface area contributed by atoms with Gasteiger partial charge in [-0.25, -0.2) is 13.1 Å². The fourth-order valence-corrected chi connectivity index (χ4v) is 3.45. The Morgan fingerprint density at radius 2 is 2.28 bits per heavy atom. The van der Waals surface area contributed by atoms with E-state index in [0.717, 1.165) is 6.42 Å². The maximum atomic E-state index is 12.0. The molecule has 2 atom stereocenters. The maximum Gasteiger partial charge on any atom is 0.321 e. The predicted octanol–water partition coefficient (Wildman–Crippen LogP) is 0.728. The average molecular weight is 279 g/mol. The van der Waals surface area contributed by atoms with Gasteiger partial charge in [0.15, 0.2) is 0 Å². The van der Waals surface area contributed by atoms with Crippen molar-refractivity contribution in [1.82, 2.24) is 4.72 Å². The molecule has 1 fully saturated rings. The van der Waals surface area contributed by atoms with Crippen LogP contribution in [0.3, 0.4) is 0 Å². The van der Waals surface area contributed by atoms with Crippen molar-refractivity contribution in [2.75, 3.05) is 13.2 Å². The first kappa shape index (κ1) is 15.4. The molecular weight excluding hydrogens is 258 g/mol. The summed E-state index contributed by atoms with van der Waals surface area (Å²) >= 11 is 0. The molecule has 1 aliphatic heterocycles. The summed E-state index contributed by atoms with van der Waals surface area (Å²) in [7, 11) is -3.61. The van der Waals surface area contributed by atoms with E-state index in [2.05, 4.69) is 4.72 Å². The monoisotopic (exact) mass is 279 g/mol. The highest BCUT2D eigenvalue weighted by Gasteiger charge is 2.32. The average Bonchev–Trinajstić information content (AvgIpc) is 2.35. The van der Waals surface area contributed by atoms with Gasteiger partial charge in [0.25, 0.3) is 0 Å². The lowest BCUT2D eigenvalue weighted by Gasteiger charge is -2.24. The van der Waals surface area contributed by atoms with Gasteiger partial charge >= 0.3 is 5.97 Å². The van der Waals surface area contributed by atoms with Gasteiger partial charge < -0.3 is 9.84 Å². The van der Waals surface area contributed by atoms with Crippen LogP contribution >= 0.6 is 0 Å². The van der Waals surface area contributed by atoms with Crippen LogP contribution in [-0.4, -0.2) is 44.0 Å². The quantitative estimate of drug-likeness (QED) is 0.716. The smallest absolute Gasteiger partial charge is 0.321 e. The van der Waals surface area contributed by atoms with Crippen molar-refractivity contribution < 1.29 is 23.1 Å². The van der Waals surface area contributed by atoms with Gasteiger partial charge in [-0.05, 0) is 19.3 Å². The van der Waals surface area contributed by atoms with E-state index < -0.39 is 27.3 Å². The molecule has 2 N–H and O–H groups in total. The molecule has 0 spiro atoms. The number of aliphatic carboxylic acids is 1. The topological polar surface area (TPSA) is 92.7 Å². The van der Waals surface area contributed by atoms with E-state index in [9.17, 15) is 13.2 Å². The van der Waals surface area contributed by atoms with Crippen LogP contribution in [0.5, 0.6) is 0 Å². The Balaban J connectivity index is 2.62. The van der Waals surface area contributed by atoms with Gasteiger partial charge in [0.2, 0.25) is 10.0 Å². The summed E-state index contributed by atoms with van der Waals surface area (Å²) in [6.45, 7) is 2.65. The highest BCUT2D eigenvalue weighted by molar-refractivity contribution is 7.90. The van der Waals surface area contributed by atoms with Crippen LogP contribution in [-0.2, 0) is 19.6 Å². The molecule has 7 heteroatoms. The maximum absolute atomic E-state index is 12.0. The third kappa shape index (κ3) is 4.55. The number of carboxylic acids is 1. The van der Waals surface area contributed by atoms with Crippen molar-refractivity contribution in [2.45, 2.75) is 50.3 Å². The SMILES string of the molecule is CCCCC(NS(=O)(=O)C1CCCOC1)C(=O)O. The summed E-state index contributed by atoms with van der Waals surface area (Å²) < 4.78 is 31.4. The predicted molar refractivity (Wildman–Crippen MR) is 66.8 cm³/mol. The van der Waals surface area contributed by atoms with Crippen molar-refractivity contribution in [1.29, 1.82) is 0 Å². The minimum atomic E-state index is -3.61. The fraction of sp³-hybridized carbons (Fsp3) is 0.909. The molecule has 0 aromatic carbocycles. The molecule has 2 unspecified atom stereocenters. The highest BCUT2D eigenvalue weighted by atomic mass is 32.2. The number of ether oxygens (including phenoxy) is 1. The first-order valence-corrected chi connectivity index (χ1v) is 7.83. The van der Waals surface area contributed by atoms with Gasteiger partial charge in [-0.3, -0.25) is 4.79 Å². The van der Waals surface area contributed by atoms with Crippen molar-refractivity contribution in [3.05, 3.63) is 0 Å². The van der Waals surface area contributed by atoms with E-state index in [1.165, 1.54) is 0 Å². The van der Waals surface area contributed by atoms with Crippen molar-refractivity contribution >= 4 is 16.0 Å². The van der Waals surface area contributed by atoms with Crippen LogP contribution in [0, 0.1) is 0 Å². The molecule has 1 heterocycles. The van der Waals surface area contributed by atoms with E-state index in [0.29, 0.717) is 32.3 Å². The molecule has 0 aromatic heterocycles. The molecule has 0 radical (unpaired) electrons. The van der Waals surface area contributed by atoms with Crippen molar-refractivity contribution in [2.24, 2.45) is 0 Å². The minimum absolute atomic E-state index is 0.148. The molecule has 18 heavy (non-hydrogen) atoms. The van der Waals surface area contributed by atoms with Gasteiger partial charge in [-0.15, -0.1) is 0 Å². The lowest BCUT2D eigenvalue weighted by atomic mass is 10.1. The lowest BCUT2D eigenvalue weighted by Crippen LogP contribution is -2.47. The fourth-order valence-electron chi connectivity index (χ4n) is 1.89. The summed E-state index contributed by atoms with van der Waals surface area (Å²) in [5.41, 5.74) is 0. The Morgan fingerprint density at radius 1 is 1.56 bits per heavy atom. The Labute approximate surface area is 108 Å². The standard InChI is InChI=1S/C11H21NO5S/c1-2-3-6-10(11(13)14)12-18(15,16)9-5-4-7-17-8-9/h9-10,12H,2-8H2,1H3,(H,13,14). The molecule has 1 aliphatic rings. The largest absolute Gasteiger partial charge is 0.480 e. The van der Waals surface area contributed by atoms with Gasteiger partial charge in [0, 0.05) is 6.61 Å². The molecule has 0 aromatic rings. The van der Waals surface area contributed by atoms with Crippen LogP contribution < -0.4 is 4.72 Å². The molecule has 0 aliphatic carbocycles. The third-order valence-corrected chi connectivity index (χ3v) is 4.87. The van der Waals surface area contributed by atoms with E-state index in [1.54, 1.807) is 0 Å². The van der Waals surface area contributed by atoms with Crippen molar-refractivity contribution in [3.8, 4) is 0 Å². The Bertz CT molecular complexity index is 362. The molecule has 6 nitrogen and oxygen atoms in total. The number of carboxylic acid groups (broad SMARTS) is 1. The zero-order valence-corrected chi connectivity index (χ0v) is 11.4.